The minimum Gasteiger partial charge on any atom is -0.512 e. The number of aromatic nitrogens is 1. The van der Waals surface area contributed by atoms with E-state index >= 15 is 0 Å². The van der Waals surface area contributed by atoms with E-state index in [0.29, 0.717) is 22.0 Å². The molecule has 6 heteroatoms. The number of ketones is 1. The van der Waals surface area contributed by atoms with Crippen molar-refractivity contribution in [3.05, 3.63) is 102 Å². The normalized spacial score (nSPS) is 11.3. The van der Waals surface area contributed by atoms with Crippen molar-refractivity contribution < 1.29 is 38.8 Å². The quantitative estimate of drug-likeness (QED) is 0.0918. The maximum atomic E-state index is 13.7. The number of nitrogens with zero attached hydrogens (tertiary/aromatic N) is 1. The zero-order valence-electron chi connectivity index (χ0n) is 20.0. The third-order valence-electron chi connectivity index (χ3n) is 5.63. The predicted molar refractivity (Wildman–Crippen MR) is 138 cm³/mol. The van der Waals surface area contributed by atoms with E-state index in [-0.39, 0.29) is 37.2 Å². The largest absolute Gasteiger partial charge is 0.512 e. The van der Waals surface area contributed by atoms with E-state index in [9.17, 15) is 13.6 Å². The third-order valence-corrected chi connectivity index (χ3v) is 5.63. The van der Waals surface area contributed by atoms with Gasteiger partial charge in [0.15, 0.2) is 5.78 Å². The molecule has 4 aromatic carbocycles. The summed E-state index contributed by atoms with van der Waals surface area (Å²) in [5.74, 6) is -0.0625. The fourth-order valence-electron chi connectivity index (χ4n) is 4.19. The van der Waals surface area contributed by atoms with Gasteiger partial charge in [-0.05, 0) is 53.9 Å². The Morgan fingerprint density at radius 1 is 0.944 bits per heavy atom. The molecule has 1 heterocycles. The zero-order chi connectivity index (χ0) is 25.1. The number of benzene rings is 4. The Balaban J connectivity index is 0.000000400. The number of hydrogen-bond donors (Lipinski definition) is 1. The van der Waals surface area contributed by atoms with E-state index in [2.05, 4.69) is 42.2 Å². The van der Waals surface area contributed by atoms with Gasteiger partial charge in [0.2, 0.25) is 0 Å². The number of carbonyl (C=O) groups is 1. The smallest absolute Gasteiger partial charge is 0.251 e. The Labute approximate surface area is 221 Å². The topological polar surface area (TPSA) is 50.2 Å². The number of allylic oxidation sites excluding steroid dienone is 2. The molecule has 185 valence electrons. The number of pyridine rings is 1. The van der Waals surface area contributed by atoms with Crippen molar-refractivity contribution in [2.24, 2.45) is 0 Å². The fourth-order valence-corrected chi connectivity index (χ4v) is 4.19. The van der Waals surface area contributed by atoms with Gasteiger partial charge >= 0.3 is 0 Å². The SMILES string of the molecule is CC(=O)/C=C(/C)O.Cc1ccc2c(ccc3c(-c4[c-]c5ccccc5c(C(F)F)c4)nccc32)c1.[Ir]. The van der Waals surface area contributed by atoms with Crippen LogP contribution in [0.25, 0.3) is 43.6 Å². The molecular formula is C30H24F2IrNO2-. The molecule has 1 N–H and O–H groups in total. The van der Waals surface area contributed by atoms with E-state index in [0.717, 1.165) is 21.5 Å². The van der Waals surface area contributed by atoms with Crippen LogP contribution in [0.1, 0.15) is 31.4 Å². The molecule has 1 aromatic heterocycles. The number of halogens is 2. The van der Waals surface area contributed by atoms with Crippen LogP contribution in [0, 0.1) is 13.0 Å². The number of carbonyl (C=O) groups excluding carboxylic acids is 1. The molecule has 0 aliphatic rings. The number of rotatable bonds is 3. The molecule has 1 radical (unpaired) electrons. The van der Waals surface area contributed by atoms with Crippen molar-refractivity contribution in [1.29, 1.82) is 0 Å². The Morgan fingerprint density at radius 3 is 2.33 bits per heavy atom. The molecular weight excluding hydrogens is 637 g/mol. The van der Waals surface area contributed by atoms with Crippen LogP contribution in [-0.2, 0) is 24.9 Å². The molecule has 0 bridgehead atoms. The fraction of sp³-hybridized carbons (Fsp3) is 0.133. The van der Waals surface area contributed by atoms with Gasteiger partial charge in [-0.2, -0.15) is 0 Å². The molecule has 0 aliphatic heterocycles. The first-order valence-electron chi connectivity index (χ1n) is 11.1. The number of aliphatic hydroxyl groups is 1. The number of hydrogen-bond acceptors (Lipinski definition) is 3. The summed E-state index contributed by atoms with van der Waals surface area (Å²) in [6.45, 7) is 4.92. The second kappa shape index (κ2) is 11.5. The van der Waals surface area contributed by atoms with Crippen molar-refractivity contribution in [1.82, 2.24) is 4.98 Å². The molecule has 36 heavy (non-hydrogen) atoms. The van der Waals surface area contributed by atoms with Crippen molar-refractivity contribution in [3.63, 3.8) is 0 Å². The number of fused-ring (bicyclic) bond motifs is 4. The van der Waals surface area contributed by atoms with Gasteiger partial charge in [-0.25, -0.2) is 8.78 Å². The van der Waals surface area contributed by atoms with Crippen LogP contribution < -0.4 is 0 Å². The minimum absolute atomic E-state index is 0. The Morgan fingerprint density at radius 2 is 1.67 bits per heavy atom. The Hall–Kier alpha value is -3.47. The van der Waals surface area contributed by atoms with Crippen LogP contribution >= 0.6 is 0 Å². The molecule has 0 saturated heterocycles. The van der Waals surface area contributed by atoms with Gasteiger partial charge in [0.05, 0.1) is 5.76 Å². The second-order valence-electron chi connectivity index (χ2n) is 8.43. The van der Waals surface area contributed by atoms with Gasteiger partial charge < -0.3 is 5.11 Å². The minimum atomic E-state index is -2.56. The van der Waals surface area contributed by atoms with E-state index in [1.807, 2.05) is 24.3 Å². The number of aryl methyl sites for hydroxylation is 1. The molecule has 0 fully saturated rings. The van der Waals surface area contributed by atoms with Crippen LogP contribution in [0.2, 0.25) is 0 Å². The van der Waals surface area contributed by atoms with Crippen LogP contribution in [0.5, 0.6) is 0 Å². The van der Waals surface area contributed by atoms with E-state index in [4.69, 9.17) is 5.11 Å². The van der Waals surface area contributed by atoms with E-state index in [1.54, 1.807) is 18.3 Å². The molecule has 0 atom stereocenters. The third kappa shape index (κ3) is 5.84. The van der Waals surface area contributed by atoms with Gasteiger partial charge in [-0.1, -0.05) is 65.0 Å². The summed E-state index contributed by atoms with van der Waals surface area (Å²) in [4.78, 5) is 14.6. The summed E-state index contributed by atoms with van der Waals surface area (Å²) in [5.41, 5.74) is 2.48. The summed E-state index contributed by atoms with van der Waals surface area (Å²) in [7, 11) is 0. The van der Waals surface area contributed by atoms with Gasteiger partial charge in [0, 0.05) is 38.1 Å². The molecule has 0 amide bonds. The Bertz CT molecular complexity index is 1590. The summed E-state index contributed by atoms with van der Waals surface area (Å²) < 4.78 is 27.4. The van der Waals surface area contributed by atoms with Crippen LogP contribution in [0.4, 0.5) is 8.78 Å². The Kier molecular flexibility index (Phi) is 8.67. The average molecular weight is 661 g/mol. The molecule has 3 nitrogen and oxygen atoms in total. The van der Waals surface area contributed by atoms with E-state index in [1.165, 1.54) is 31.6 Å². The first-order chi connectivity index (χ1) is 16.7. The van der Waals surface area contributed by atoms with Crippen LogP contribution in [0.3, 0.4) is 0 Å². The van der Waals surface area contributed by atoms with Crippen molar-refractivity contribution in [2.45, 2.75) is 27.2 Å². The van der Waals surface area contributed by atoms with Crippen LogP contribution in [0.15, 0.2) is 84.8 Å². The first-order valence-corrected chi connectivity index (χ1v) is 11.1. The molecule has 0 aliphatic carbocycles. The summed E-state index contributed by atoms with van der Waals surface area (Å²) >= 11 is 0. The van der Waals surface area contributed by atoms with Crippen molar-refractivity contribution in [2.75, 3.05) is 0 Å². The standard InChI is InChI=1S/C25H16F2N.C5H8O2.Ir/c1-15-6-8-20-17(12-15)7-9-22-21(20)10-11-28-24(22)18-13-16-4-2-3-5-19(16)23(14-18)25(26)27;1-4(6)3-5(2)7;/h2-12,14,25H,1H3;3,6H,1-2H3;/q-1;;/b;4-3-;. The van der Waals surface area contributed by atoms with Crippen LogP contribution in [-0.4, -0.2) is 15.9 Å². The maximum absolute atomic E-state index is 13.7. The summed E-state index contributed by atoms with van der Waals surface area (Å²) in [5, 5.41) is 13.8. The van der Waals surface area contributed by atoms with Crippen molar-refractivity contribution >= 4 is 38.1 Å². The van der Waals surface area contributed by atoms with E-state index < -0.39 is 6.43 Å². The summed E-state index contributed by atoms with van der Waals surface area (Å²) in [6, 6.07) is 24.3. The monoisotopic (exact) mass is 661 g/mol. The zero-order valence-corrected chi connectivity index (χ0v) is 22.4. The van der Waals surface area contributed by atoms with Gasteiger partial charge in [0.1, 0.15) is 0 Å². The van der Waals surface area contributed by atoms with Gasteiger partial charge in [0.25, 0.3) is 6.43 Å². The maximum Gasteiger partial charge on any atom is 0.251 e. The molecule has 5 rings (SSSR count). The second-order valence-corrected chi connectivity index (χ2v) is 8.43. The summed E-state index contributed by atoms with van der Waals surface area (Å²) in [6.07, 6.45) is 0.346. The van der Waals surface area contributed by atoms with Gasteiger partial charge in [-0.3, -0.25) is 9.78 Å². The molecule has 0 unspecified atom stereocenters. The first kappa shape index (κ1) is 27.1. The predicted octanol–water partition coefficient (Wildman–Crippen LogP) is 8.29. The molecule has 0 saturated carbocycles. The molecule has 5 aromatic rings. The van der Waals surface area contributed by atoms with Gasteiger partial charge in [-0.15, -0.1) is 23.6 Å². The number of aliphatic hydroxyl groups excluding tert-OH is 1. The molecule has 0 spiro atoms. The average Bonchev–Trinajstić information content (AvgIpc) is 2.82. The van der Waals surface area contributed by atoms with Crippen molar-refractivity contribution in [3.8, 4) is 11.3 Å². The number of alkyl halides is 2.